The average Bonchev–Trinajstić information content (AvgIpc) is 2.24. The molecule has 0 heterocycles. The molecule has 1 radical (unpaired) electrons. The summed E-state index contributed by atoms with van der Waals surface area (Å²) in [6.45, 7) is 0. The molecule has 0 atom stereocenters. The van der Waals surface area contributed by atoms with Crippen molar-refractivity contribution in [1.29, 1.82) is 0 Å². The Bertz CT molecular complexity index is 668. The molecule has 0 spiro atoms. The van der Waals surface area contributed by atoms with Crippen LogP contribution in [-0.2, 0) is 16.3 Å². The number of rotatable bonds is 3. The van der Waals surface area contributed by atoms with Crippen LogP contribution in [0.15, 0.2) is 17.0 Å². The van der Waals surface area contributed by atoms with E-state index in [0.29, 0.717) is 0 Å². The monoisotopic (exact) mass is 338 g/mol. The van der Waals surface area contributed by atoms with Crippen molar-refractivity contribution in [3.8, 4) is 0 Å². The van der Waals surface area contributed by atoms with Gasteiger partial charge < -0.3 is 4.55 Å². The Balaban J connectivity index is 0.00000400. The van der Waals surface area contributed by atoms with Crippen LogP contribution in [0.2, 0.25) is 0 Å². The van der Waals surface area contributed by atoms with Gasteiger partial charge in [0.25, 0.3) is 11.4 Å². The summed E-state index contributed by atoms with van der Waals surface area (Å²) in [4.78, 5) is 15.9. The van der Waals surface area contributed by atoms with Crippen molar-refractivity contribution in [3.63, 3.8) is 0 Å². The summed E-state index contributed by atoms with van der Waals surface area (Å²) in [6, 6.07) is -0.504. The molecule has 0 amide bonds. The summed E-state index contributed by atoms with van der Waals surface area (Å²) in [5.41, 5.74) is -5.42. The standard InChI is InChI=1S/C7H3F3N2O7S.Na/c8-7(9,10)3-1-4(11(13)14)6(20(17,18)19)5(2-3)12(15)16;/h1-2H,(H,17,18,19);/p-1. The van der Waals surface area contributed by atoms with E-state index in [-0.39, 0.29) is 41.7 Å². The Morgan fingerprint density at radius 2 is 1.33 bits per heavy atom. The van der Waals surface area contributed by atoms with Gasteiger partial charge in [-0.3, -0.25) is 20.2 Å². The van der Waals surface area contributed by atoms with E-state index < -0.39 is 48.0 Å². The summed E-state index contributed by atoms with van der Waals surface area (Å²) in [5, 5.41) is 21.1. The molecule has 0 unspecified atom stereocenters. The zero-order valence-electron chi connectivity index (χ0n) is 9.95. The van der Waals surface area contributed by atoms with Crippen LogP contribution in [0.25, 0.3) is 0 Å². The number of nitrogens with zero attached hydrogens (tertiary/aromatic N) is 2. The van der Waals surface area contributed by atoms with Gasteiger partial charge in [-0.25, -0.2) is 8.42 Å². The number of nitro benzene ring substituents is 2. The normalized spacial score (nSPS) is 11.6. The van der Waals surface area contributed by atoms with Crippen molar-refractivity contribution < 1.29 is 36.0 Å². The molecule has 0 aliphatic carbocycles. The maximum absolute atomic E-state index is 12.4. The molecule has 0 aliphatic heterocycles. The van der Waals surface area contributed by atoms with Gasteiger partial charge in [-0.15, -0.1) is 0 Å². The van der Waals surface area contributed by atoms with Gasteiger partial charge in [0.2, 0.25) is 4.90 Å². The van der Waals surface area contributed by atoms with Crippen molar-refractivity contribution in [2.45, 2.75) is 11.1 Å². The van der Waals surface area contributed by atoms with Crippen molar-refractivity contribution in [3.05, 3.63) is 37.9 Å². The molecule has 0 saturated heterocycles. The summed E-state index contributed by atoms with van der Waals surface area (Å²) < 4.78 is 69.7. The van der Waals surface area contributed by atoms with Gasteiger partial charge in [0, 0.05) is 41.7 Å². The van der Waals surface area contributed by atoms with Gasteiger partial charge in [0.05, 0.1) is 15.4 Å². The van der Waals surface area contributed by atoms with E-state index in [9.17, 15) is 46.4 Å². The minimum absolute atomic E-state index is 0. The fraction of sp³-hybridized carbons (Fsp3) is 0.143. The zero-order chi connectivity index (χ0) is 15.9. The van der Waals surface area contributed by atoms with Gasteiger partial charge >= 0.3 is 6.18 Å². The summed E-state index contributed by atoms with van der Waals surface area (Å²) in [6.07, 6.45) is -5.19. The Morgan fingerprint density at radius 3 is 1.52 bits per heavy atom. The van der Waals surface area contributed by atoms with Crippen LogP contribution in [0.4, 0.5) is 24.5 Å². The van der Waals surface area contributed by atoms with Gasteiger partial charge in [0.1, 0.15) is 10.1 Å². The molecular formula is C7H2F3N2NaO7S-. The summed E-state index contributed by atoms with van der Waals surface area (Å²) in [7, 11) is -5.72. The van der Waals surface area contributed by atoms with E-state index in [4.69, 9.17) is 0 Å². The minimum Gasteiger partial charge on any atom is -0.744 e. The van der Waals surface area contributed by atoms with Gasteiger partial charge in [0.15, 0.2) is 0 Å². The molecule has 21 heavy (non-hydrogen) atoms. The number of halogens is 3. The maximum Gasteiger partial charge on any atom is 0.416 e. The third-order valence-corrected chi connectivity index (χ3v) is 2.94. The van der Waals surface area contributed by atoms with Crippen LogP contribution in [-0.4, -0.2) is 52.4 Å². The van der Waals surface area contributed by atoms with Gasteiger partial charge in [-0.05, 0) is 0 Å². The van der Waals surface area contributed by atoms with E-state index in [1.165, 1.54) is 0 Å². The Labute approximate surface area is 136 Å². The van der Waals surface area contributed by atoms with E-state index in [2.05, 4.69) is 0 Å². The zero-order valence-corrected chi connectivity index (χ0v) is 12.8. The summed E-state index contributed by atoms with van der Waals surface area (Å²) >= 11 is 0. The maximum atomic E-state index is 12.4. The predicted octanol–water partition coefficient (Wildman–Crippen LogP) is 1.05. The van der Waals surface area contributed by atoms with Gasteiger partial charge in [-0.2, -0.15) is 13.2 Å². The average molecular weight is 338 g/mol. The van der Waals surface area contributed by atoms with E-state index in [1.54, 1.807) is 0 Å². The van der Waals surface area contributed by atoms with Crippen LogP contribution in [0, 0.1) is 20.2 Å². The van der Waals surface area contributed by atoms with Crippen LogP contribution >= 0.6 is 0 Å². The fourth-order valence-electron chi connectivity index (χ4n) is 1.29. The van der Waals surface area contributed by atoms with Crippen LogP contribution in [0.3, 0.4) is 0 Å². The Hall–Kier alpha value is -1.28. The van der Waals surface area contributed by atoms with E-state index in [0.717, 1.165) is 0 Å². The smallest absolute Gasteiger partial charge is 0.416 e. The first kappa shape index (κ1) is 19.7. The first-order valence-corrected chi connectivity index (χ1v) is 5.76. The quantitative estimate of drug-likeness (QED) is 0.346. The van der Waals surface area contributed by atoms with Gasteiger partial charge in [-0.1, -0.05) is 0 Å². The number of hydrogen-bond acceptors (Lipinski definition) is 7. The largest absolute Gasteiger partial charge is 0.744 e. The number of hydrogen-bond donors (Lipinski definition) is 0. The van der Waals surface area contributed by atoms with E-state index >= 15 is 0 Å². The molecular weight excluding hydrogens is 336 g/mol. The molecule has 0 N–H and O–H groups in total. The first-order chi connectivity index (χ1) is 8.85. The molecule has 9 nitrogen and oxygen atoms in total. The van der Waals surface area contributed by atoms with Crippen molar-refractivity contribution >= 4 is 51.1 Å². The minimum atomic E-state index is -5.72. The number of nitro groups is 2. The third-order valence-electron chi connectivity index (χ3n) is 2.02. The van der Waals surface area contributed by atoms with Crippen LogP contribution < -0.4 is 0 Å². The predicted molar refractivity (Wildman–Crippen MR) is 58.5 cm³/mol. The molecule has 1 aromatic carbocycles. The first-order valence-electron chi connectivity index (χ1n) is 4.35. The molecule has 0 aromatic heterocycles. The van der Waals surface area contributed by atoms with Crippen molar-refractivity contribution in [2.75, 3.05) is 0 Å². The second kappa shape index (κ2) is 6.23. The topological polar surface area (TPSA) is 143 Å². The molecule has 0 fully saturated rings. The molecule has 0 saturated carbocycles. The molecule has 1 aromatic rings. The molecule has 111 valence electrons. The third kappa shape index (κ3) is 4.34. The Kier molecular flexibility index (Phi) is 5.85. The van der Waals surface area contributed by atoms with Crippen molar-refractivity contribution in [1.82, 2.24) is 0 Å². The summed E-state index contributed by atoms with van der Waals surface area (Å²) in [5.74, 6) is 0. The SMILES string of the molecule is O=[N+]([O-])c1cc(C(F)(F)F)cc([N+](=O)[O-])c1S(=O)(=O)[O-].[Na]. The van der Waals surface area contributed by atoms with E-state index in [1.807, 2.05) is 0 Å². The molecule has 0 bridgehead atoms. The second-order valence-electron chi connectivity index (χ2n) is 3.31. The molecule has 14 heteroatoms. The van der Waals surface area contributed by atoms with Crippen LogP contribution in [0.5, 0.6) is 0 Å². The second-order valence-corrected chi connectivity index (χ2v) is 4.63. The fourth-order valence-corrected chi connectivity index (χ4v) is 2.07. The van der Waals surface area contributed by atoms with Crippen LogP contribution in [0.1, 0.15) is 5.56 Å². The molecule has 1 rings (SSSR count). The number of alkyl halides is 3. The Morgan fingerprint density at radius 1 is 1.00 bits per heavy atom. The number of benzene rings is 1. The van der Waals surface area contributed by atoms with Crippen molar-refractivity contribution in [2.24, 2.45) is 0 Å². The molecule has 0 aliphatic rings.